The van der Waals surface area contributed by atoms with Crippen LogP contribution in [0.1, 0.15) is 34.1 Å². The predicted molar refractivity (Wildman–Crippen MR) is 88.0 cm³/mol. The first kappa shape index (κ1) is 22.4. The van der Waals surface area contributed by atoms with Crippen LogP contribution in [0, 0.1) is 15.7 Å². The van der Waals surface area contributed by atoms with Gasteiger partial charge in [0.1, 0.15) is 6.10 Å². The quantitative estimate of drug-likeness (QED) is 0.307. The fourth-order valence-corrected chi connectivity index (χ4v) is 1.78. The van der Waals surface area contributed by atoms with Crippen LogP contribution in [-0.4, -0.2) is 65.6 Å². The molecule has 5 N–H and O–H groups in total. The van der Waals surface area contributed by atoms with Gasteiger partial charge in [0, 0.05) is 31.5 Å². The lowest BCUT2D eigenvalue weighted by molar-refractivity contribution is -0.135. The van der Waals surface area contributed by atoms with E-state index in [1.807, 2.05) is 0 Å². The van der Waals surface area contributed by atoms with Crippen molar-refractivity contribution >= 4 is 11.8 Å². The van der Waals surface area contributed by atoms with Gasteiger partial charge in [0.25, 0.3) is 0 Å². The Balaban J connectivity index is 4.22. The second-order valence-corrected chi connectivity index (χ2v) is 7.38. The number of carbonyl (C=O) groups excluding carboxylic acids is 2. The Morgan fingerprint density at radius 2 is 1.62 bits per heavy atom. The van der Waals surface area contributed by atoms with Gasteiger partial charge in [0.2, 0.25) is 11.8 Å². The highest BCUT2D eigenvalue weighted by Gasteiger charge is 2.34. The van der Waals surface area contributed by atoms with Crippen LogP contribution in [0.25, 0.3) is 0 Å². The maximum atomic E-state index is 11.8. The molecule has 0 aliphatic heterocycles. The zero-order chi connectivity index (χ0) is 19.0. The van der Waals surface area contributed by atoms with E-state index in [0.717, 1.165) is 0 Å². The molecule has 0 fully saturated rings. The van der Waals surface area contributed by atoms with Crippen LogP contribution in [0.2, 0.25) is 0 Å². The van der Waals surface area contributed by atoms with Crippen LogP contribution in [0.15, 0.2) is 5.18 Å². The van der Waals surface area contributed by atoms with E-state index in [-0.39, 0.29) is 38.6 Å². The third-order valence-electron chi connectivity index (χ3n) is 3.57. The summed E-state index contributed by atoms with van der Waals surface area (Å²) in [5.41, 5.74) is -1.56. The van der Waals surface area contributed by atoms with Crippen molar-refractivity contribution in [3.8, 4) is 0 Å². The minimum absolute atomic E-state index is 0.0734. The van der Waals surface area contributed by atoms with Crippen molar-refractivity contribution in [3.63, 3.8) is 0 Å². The maximum absolute atomic E-state index is 11.8. The first-order valence-electron chi connectivity index (χ1n) is 7.75. The van der Waals surface area contributed by atoms with Crippen LogP contribution in [-0.2, 0) is 9.59 Å². The number of rotatable bonds is 11. The normalized spacial score (nSPS) is 14.6. The van der Waals surface area contributed by atoms with Gasteiger partial charge in [-0.1, -0.05) is 32.9 Å². The number of nitroso groups, excluding NO2 is 1. The molecule has 0 aliphatic carbocycles. The molecule has 24 heavy (non-hydrogen) atoms. The first-order valence-corrected chi connectivity index (χ1v) is 7.75. The van der Waals surface area contributed by atoms with Crippen LogP contribution in [0.4, 0.5) is 0 Å². The van der Waals surface area contributed by atoms with Gasteiger partial charge in [-0.3, -0.25) is 9.59 Å². The smallest absolute Gasteiger partial charge is 0.249 e. The summed E-state index contributed by atoms with van der Waals surface area (Å²) in [7, 11) is 0. The molecule has 0 aromatic heterocycles. The van der Waals surface area contributed by atoms with E-state index in [1.165, 1.54) is 13.8 Å². The second-order valence-electron chi connectivity index (χ2n) is 7.38. The van der Waals surface area contributed by atoms with Crippen molar-refractivity contribution in [2.45, 2.75) is 46.3 Å². The lowest BCUT2D eigenvalue weighted by Crippen LogP contribution is -2.48. The fourth-order valence-electron chi connectivity index (χ4n) is 1.78. The summed E-state index contributed by atoms with van der Waals surface area (Å²) >= 11 is 0. The third-order valence-corrected chi connectivity index (χ3v) is 3.57. The van der Waals surface area contributed by atoms with Gasteiger partial charge >= 0.3 is 0 Å². The lowest BCUT2D eigenvalue weighted by Gasteiger charge is -2.27. The van der Waals surface area contributed by atoms with Gasteiger partial charge in [0.15, 0.2) is 0 Å². The summed E-state index contributed by atoms with van der Waals surface area (Å²) in [6.45, 7) is 5.93. The second kappa shape index (κ2) is 9.65. The summed E-state index contributed by atoms with van der Waals surface area (Å²) in [6, 6.07) is 0. The lowest BCUT2D eigenvalue weighted by atomic mass is 9.86. The SMILES string of the molecule is CC(C)(CO)CC(=O)NCC(O)CNC(=O)C(O)C(C)(C)CN=O. The van der Waals surface area contributed by atoms with E-state index in [1.54, 1.807) is 13.8 Å². The first-order chi connectivity index (χ1) is 10.9. The molecule has 0 aromatic rings. The Labute approximate surface area is 141 Å². The number of aliphatic hydroxyl groups excluding tert-OH is 3. The van der Waals surface area contributed by atoms with E-state index in [9.17, 15) is 24.7 Å². The van der Waals surface area contributed by atoms with Gasteiger partial charge in [0.05, 0.1) is 12.6 Å². The number of carbonyl (C=O) groups is 2. The van der Waals surface area contributed by atoms with Crippen LogP contribution in [0.3, 0.4) is 0 Å². The summed E-state index contributed by atoms with van der Waals surface area (Å²) in [5, 5.41) is 36.3. The Bertz CT molecular complexity index is 439. The van der Waals surface area contributed by atoms with Crippen LogP contribution in [0.5, 0.6) is 0 Å². The fraction of sp³-hybridized carbons (Fsp3) is 0.867. The van der Waals surface area contributed by atoms with Crippen molar-refractivity contribution in [2.75, 3.05) is 26.2 Å². The average molecular weight is 347 g/mol. The van der Waals surface area contributed by atoms with E-state index < -0.39 is 28.9 Å². The molecular weight excluding hydrogens is 318 g/mol. The summed E-state index contributed by atoms with van der Waals surface area (Å²) in [6.07, 6.45) is -2.37. The summed E-state index contributed by atoms with van der Waals surface area (Å²) in [4.78, 5) is 33.8. The number of nitrogens with one attached hydrogen (secondary N) is 2. The van der Waals surface area contributed by atoms with Crippen LogP contribution < -0.4 is 10.6 Å². The standard InChI is InChI=1S/C15H29N3O6/c1-14(2,9-19)5-11(21)16-6-10(20)7-17-13(23)12(22)15(3,4)8-18-24/h10,12,19-20,22H,5-9H2,1-4H3,(H,16,21)(H,17,23). The van der Waals surface area contributed by atoms with Gasteiger partial charge in [-0.05, 0) is 5.41 Å². The molecule has 140 valence electrons. The van der Waals surface area contributed by atoms with Crippen LogP contribution >= 0.6 is 0 Å². The van der Waals surface area contributed by atoms with Crippen molar-refractivity contribution in [1.29, 1.82) is 0 Å². The van der Waals surface area contributed by atoms with Gasteiger partial charge in [-0.25, -0.2) is 0 Å². The Morgan fingerprint density at radius 3 is 2.12 bits per heavy atom. The Kier molecular flexibility index (Phi) is 9.02. The molecule has 0 spiro atoms. The average Bonchev–Trinajstić information content (AvgIpc) is 2.49. The molecule has 9 nitrogen and oxygen atoms in total. The molecular formula is C15H29N3O6. The molecule has 0 saturated carbocycles. The monoisotopic (exact) mass is 347 g/mol. The molecule has 0 bridgehead atoms. The highest BCUT2D eigenvalue weighted by atomic mass is 16.3. The number of nitrogens with zero attached hydrogens (tertiary/aromatic N) is 1. The summed E-state index contributed by atoms with van der Waals surface area (Å²) < 4.78 is 0. The summed E-state index contributed by atoms with van der Waals surface area (Å²) in [5.74, 6) is -1.05. The third kappa shape index (κ3) is 8.32. The Morgan fingerprint density at radius 1 is 1.08 bits per heavy atom. The number of aliphatic hydroxyl groups is 3. The molecule has 2 unspecified atom stereocenters. The number of amides is 2. The van der Waals surface area contributed by atoms with E-state index >= 15 is 0 Å². The zero-order valence-corrected chi connectivity index (χ0v) is 14.7. The molecule has 0 aromatic carbocycles. The molecule has 0 radical (unpaired) electrons. The van der Waals surface area contributed by atoms with Crippen molar-refractivity contribution in [1.82, 2.24) is 10.6 Å². The topological polar surface area (TPSA) is 148 Å². The van der Waals surface area contributed by atoms with Crippen molar-refractivity contribution in [3.05, 3.63) is 4.91 Å². The molecule has 0 heterocycles. The number of hydrogen-bond donors (Lipinski definition) is 5. The highest BCUT2D eigenvalue weighted by Crippen LogP contribution is 2.21. The minimum atomic E-state index is -1.44. The molecule has 0 rings (SSSR count). The van der Waals surface area contributed by atoms with Gasteiger partial charge in [-0.15, -0.1) is 0 Å². The number of hydrogen-bond acceptors (Lipinski definition) is 7. The maximum Gasteiger partial charge on any atom is 0.249 e. The van der Waals surface area contributed by atoms with E-state index in [0.29, 0.717) is 0 Å². The highest BCUT2D eigenvalue weighted by molar-refractivity contribution is 5.81. The van der Waals surface area contributed by atoms with Gasteiger partial charge < -0.3 is 26.0 Å². The van der Waals surface area contributed by atoms with E-state index in [2.05, 4.69) is 15.8 Å². The van der Waals surface area contributed by atoms with Crippen molar-refractivity contribution in [2.24, 2.45) is 16.0 Å². The minimum Gasteiger partial charge on any atom is -0.396 e. The van der Waals surface area contributed by atoms with Crippen molar-refractivity contribution < 1.29 is 24.9 Å². The zero-order valence-electron chi connectivity index (χ0n) is 14.7. The largest absolute Gasteiger partial charge is 0.396 e. The molecule has 0 aliphatic rings. The van der Waals surface area contributed by atoms with E-state index in [4.69, 9.17) is 5.11 Å². The molecule has 0 saturated heterocycles. The molecule has 2 atom stereocenters. The molecule has 2 amide bonds. The molecule has 9 heteroatoms. The van der Waals surface area contributed by atoms with Gasteiger partial charge in [-0.2, -0.15) is 4.91 Å². The predicted octanol–water partition coefficient (Wildman–Crippen LogP) is -0.858. The Hall–Kier alpha value is -1.58.